The fourth-order valence-electron chi connectivity index (χ4n) is 9.41. The number of benzene rings is 8. The lowest BCUT2D eigenvalue weighted by molar-refractivity contribution is 1.23. The molecule has 244 valence electrons. The first-order valence-corrected chi connectivity index (χ1v) is 18.1. The first-order chi connectivity index (χ1) is 26.3. The van der Waals surface area contributed by atoms with Crippen molar-refractivity contribution in [2.45, 2.75) is 0 Å². The maximum Gasteiger partial charge on any atom is 0.165 e. The van der Waals surface area contributed by atoms with Crippen molar-refractivity contribution >= 4 is 115 Å². The molecule has 0 amide bonds. The van der Waals surface area contributed by atoms with Crippen molar-refractivity contribution in [1.82, 2.24) is 18.8 Å². The van der Waals surface area contributed by atoms with Gasteiger partial charge in [0.25, 0.3) is 0 Å². The molecule has 5 aromatic heterocycles. The van der Waals surface area contributed by atoms with Gasteiger partial charge in [-0.15, -0.1) is 0 Å². The van der Waals surface area contributed by atoms with E-state index in [4.69, 9.17) is 9.97 Å². The van der Waals surface area contributed by atoms with Crippen molar-refractivity contribution < 1.29 is 0 Å². The molecule has 0 atom stereocenters. The predicted octanol–water partition coefficient (Wildman–Crippen LogP) is 12.6. The van der Waals surface area contributed by atoms with Gasteiger partial charge in [0, 0.05) is 43.7 Å². The summed E-state index contributed by atoms with van der Waals surface area (Å²) in [6, 6.07) is 59.0. The highest BCUT2D eigenvalue weighted by Gasteiger charge is 2.28. The Morgan fingerprint density at radius 1 is 0.377 bits per heavy atom. The molecule has 0 aliphatic rings. The lowest BCUT2D eigenvalue weighted by Gasteiger charge is -2.27. The molecular formula is C48H27N5. The molecule has 0 radical (unpaired) electrons. The molecule has 0 unspecified atom stereocenters. The van der Waals surface area contributed by atoms with Crippen molar-refractivity contribution in [3.8, 4) is 0 Å². The van der Waals surface area contributed by atoms with Gasteiger partial charge >= 0.3 is 0 Å². The standard InChI is InChI=1S/C48H27N5/c1-3-15-30(16-4-1)51(31-17-5-2-6-18-31)39-27-29-14-8-10-20-33(29)41-35-22-12-24-37-43-48(53(45(35)37)46(39)41)50-42-36-23-11-21-34-40-32-19-9-7-13-28(32)25-26-38(40)52(44(34)36)47(42)49-43/h1-27H. The molecule has 0 saturated heterocycles. The molecule has 13 rings (SSSR count). The van der Waals surface area contributed by atoms with Crippen LogP contribution in [0.15, 0.2) is 164 Å². The summed E-state index contributed by atoms with van der Waals surface area (Å²) in [5, 5.41) is 12.1. The van der Waals surface area contributed by atoms with Crippen LogP contribution in [0.3, 0.4) is 0 Å². The van der Waals surface area contributed by atoms with Crippen molar-refractivity contribution in [1.29, 1.82) is 0 Å². The quantitative estimate of drug-likeness (QED) is 0.187. The van der Waals surface area contributed by atoms with Crippen LogP contribution in [0.2, 0.25) is 0 Å². The summed E-state index contributed by atoms with van der Waals surface area (Å²) >= 11 is 0. The van der Waals surface area contributed by atoms with Crippen LogP contribution in [0.1, 0.15) is 0 Å². The van der Waals surface area contributed by atoms with Crippen LogP contribution in [-0.2, 0) is 0 Å². The smallest absolute Gasteiger partial charge is 0.165 e. The van der Waals surface area contributed by atoms with Gasteiger partial charge in [-0.05, 0) is 57.9 Å². The molecular weight excluding hydrogens is 647 g/mol. The Kier molecular flexibility index (Phi) is 5.06. The van der Waals surface area contributed by atoms with E-state index in [0.717, 1.165) is 66.7 Å². The number of rotatable bonds is 3. The van der Waals surface area contributed by atoms with E-state index < -0.39 is 0 Å². The summed E-state index contributed by atoms with van der Waals surface area (Å²) in [5.74, 6) is 0. The Morgan fingerprint density at radius 3 is 1.57 bits per heavy atom. The molecule has 0 saturated carbocycles. The monoisotopic (exact) mass is 673 g/mol. The van der Waals surface area contributed by atoms with Crippen molar-refractivity contribution in [2.75, 3.05) is 4.90 Å². The molecule has 0 aliphatic heterocycles. The van der Waals surface area contributed by atoms with Crippen LogP contribution in [-0.4, -0.2) is 18.8 Å². The third-order valence-corrected chi connectivity index (χ3v) is 11.5. The zero-order chi connectivity index (χ0) is 34.4. The number of anilines is 3. The highest BCUT2D eigenvalue weighted by molar-refractivity contribution is 6.32. The van der Waals surface area contributed by atoms with Gasteiger partial charge in [-0.3, -0.25) is 8.80 Å². The SMILES string of the molecule is c1ccc(N(c2ccccc2)c2cc3ccccc3c3c4cccc5c6nc7c(nc6n(c23)c54)c2cccc3c4c5ccccc5ccc4n7c23)cc1. The average Bonchev–Trinajstić information content (AvgIpc) is 3.95. The van der Waals surface area contributed by atoms with E-state index in [-0.39, 0.29) is 0 Å². The first-order valence-electron chi connectivity index (χ1n) is 18.1. The molecule has 0 bridgehead atoms. The number of nitrogens with zero attached hydrogens (tertiary/aromatic N) is 5. The largest absolute Gasteiger partial charge is 0.308 e. The number of fused-ring (bicyclic) bond motifs is 16. The van der Waals surface area contributed by atoms with Gasteiger partial charge < -0.3 is 4.90 Å². The fraction of sp³-hybridized carbons (Fsp3) is 0. The molecule has 0 fully saturated rings. The van der Waals surface area contributed by atoms with Crippen LogP contribution >= 0.6 is 0 Å². The molecule has 0 spiro atoms. The molecule has 0 aliphatic carbocycles. The summed E-state index contributed by atoms with van der Waals surface area (Å²) in [7, 11) is 0. The van der Waals surface area contributed by atoms with Gasteiger partial charge in [-0.1, -0.05) is 127 Å². The van der Waals surface area contributed by atoms with Crippen LogP contribution in [0.5, 0.6) is 0 Å². The van der Waals surface area contributed by atoms with E-state index >= 15 is 0 Å². The normalized spacial score (nSPS) is 12.5. The Balaban J connectivity index is 1.24. The number of aromatic nitrogens is 4. The Hall–Kier alpha value is -7.24. The van der Waals surface area contributed by atoms with E-state index in [0.29, 0.717) is 0 Å². The predicted molar refractivity (Wildman–Crippen MR) is 221 cm³/mol. The fourth-order valence-corrected chi connectivity index (χ4v) is 9.41. The van der Waals surface area contributed by atoms with E-state index in [1.165, 1.54) is 48.6 Å². The third kappa shape index (κ3) is 3.37. The lowest BCUT2D eigenvalue weighted by Crippen LogP contribution is -2.11. The topological polar surface area (TPSA) is 37.8 Å². The Morgan fingerprint density at radius 2 is 0.887 bits per heavy atom. The van der Waals surface area contributed by atoms with Gasteiger partial charge in [-0.2, -0.15) is 0 Å². The van der Waals surface area contributed by atoms with Crippen LogP contribution in [0, 0.1) is 0 Å². The number of hydrogen-bond donors (Lipinski definition) is 0. The number of hydrogen-bond acceptors (Lipinski definition) is 3. The summed E-state index contributed by atoms with van der Waals surface area (Å²) in [6.07, 6.45) is 0. The highest BCUT2D eigenvalue weighted by atomic mass is 15.2. The van der Waals surface area contributed by atoms with Gasteiger partial charge in [0.1, 0.15) is 11.0 Å². The van der Waals surface area contributed by atoms with E-state index in [1.54, 1.807) is 0 Å². The second-order valence-corrected chi connectivity index (χ2v) is 14.2. The summed E-state index contributed by atoms with van der Waals surface area (Å²) in [5.41, 5.74) is 11.5. The summed E-state index contributed by atoms with van der Waals surface area (Å²) in [6.45, 7) is 0. The minimum atomic E-state index is 0.875. The van der Waals surface area contributed by atoms with E-state index in [9.17, 15) is 0 Å². The summed E-state index contributed by atoms with van der Waals surface area (Å²) in [4.78, 5) is 13.7. The van der Waals surface area contributed by atoms with Crippen molar-refractivity contribution in [3.63, 3.8) is 0 Å². The highest BCUT2D eigenvalue weighted by Crippen LogP contribution is 2.49. The maximum absolute atomic E-state index is 5.66. The van der Waals surface area contributed by atoms with Gasteiger partial charge in [0.2, 0.25) is 0 Å². The van der Waals surface area contributed by atoms with Gasteiger partial charge in [0.15, 0.2) is 11.3 Å². The average molecular weight is 674 g/mol. The van der Waals surface area contributed by atoms with Crippen LogP contribution < -0.4 is 4.90 Å². The molecule has 0 N–H and O–H groups in total. The van der Waals surface area contributed by atoms with Gasteiger partial charge in [-0.25, -0.2) is 9.97 Å². The van der Waals surface area contributed by atoms with E-state index in [1.807, 2.05) is 0 Å². The second-order valence-electron chi connectivity index (χ2n) is 14.2. The van der Waals surface area contributed by atoms with Gasteiger partial charge in [0.05, 0.1) is 27.8 Å². The minimum absolute atomic E-state index is 0.875. The first kappa shape index (κ1) is 27.5. The second kappa shape index (κ2) is 9.75. The molecule has 8 aromatic carbocycles. The van der Waals surface area contributed by atoms with Crippen LogP contribution in [0.25, 0.3) is 98.3 Å². The molecule has 5 nitrogen and oxygen atoms in total. The summed E-state index contributed by atoms with van der Waals surface area (Å²) < 4.78 is 4.76. The Bertz CT molecular complexity index is 3580. The number of para-hydroxylation sites is 4. The zero-order valence-electron chi connectivity index (χ0n) is 28.3. The molecule has 5 heterocycles. The minimum Gasteiger partial charge on any atom is -0.308 e. The molecule has 13 aromatic rings. The van der Waals surface area contributed by atoms with E-state index in [2.05, 4.69) is 177 Å². The van der Waals surface area contributed by atoms with Crippen LogP contribution in [0.4, 0.5) is 17.1 Å². The Labute approximate surface area is 301 Å². The van der Waals surface area contributed by atoms with Crippen molar-refractivity contribution in [3.05, 3.63) is 164 Å². The molecule has 5 heteroatoms. The zero-order valence-corrected chi connectivity index (χ0v) is 28.3. The van der Waals surface area contributed by atoms with Crippen molar-refractivity contribution in [2.24, 2.45) is 0 Å². The lowest BCUT2D eigenvalue weighted by atomic mass is 10.0. The maximum atomic E-state index is 5.66. The molecule has 53 heavy (non-hydrogen) atoms. The third-order valence-electron chi connectivity index (χ3n) is 11.5.